The van der Waals surface area contributed by atoms with Crippen LogP contribution in [0.3, 0.4) is 0 Å². The summed E-state index contributed by atoms with van der Waals surface area (Å²) in [5.74, 6) is 1.65. The van der Waals surface area contributed by atoms with Gasteiger partial charge in [0.25, 0.3) is 0 Å². The molecule has 0 bridgehead atoms. The van der Waals surface area contributed by atoms with Gasteiger partial charge in [-0.25, -0.2) is 0 Å². The highest BCUT2D eigenvalue weighted by atomic mass is 16.5. The van der Waals surface area contributed by atoms with E-state index in [1.807, 2.05) is 0 Å². The van der Waals surface area contributed by atoms with Gasteiger partial charge in [-0.05, 0) is 54.0 Å². The Morgan fingerprint density at radius 2 is 1.60 bits per heavy atom. The Morgan fingerprint density at radius 3 is 2.46 bits per heavy atom. The van der Waals surface area contributed by atoms with Gasteiger partial charge in [0.15, 0.2) is 0 Å². The average molecular weight is 459 g/mol. The molecular formula is C32H30N2O. The lowest BCUT2D eigenvalue weighted by atomic mass is 9.69. The number of nitrogens with one attached hydrogen (secondary N) is 2. The summed E-state index contributed by atoms with van der Waals surface area (Å²) >= 11 is 0. The highest BCUT2D eigenvalue weighted by molar-refractivity contribution is 5.89. The van der Waals surface area contributed by atoms with Gasteiger partial charge < -0.3 is 14.7 Å². The van der Waals surface area contributed by atoms with Gasteiger partial charge in [0.1, 0.15) is 0 Å². The molecule has 3 aromatic carbocycles. The lowest BCUT2D eigenvalue weighted by Gasteiger charge is -2.36. The van der Waals surface area contributed by atoms with Crippen molar-refractivity contribution in [2.75, 3.05) is 6.61 Å². The maximum atomic E-state index is 6.39. The van der Waals surface area contributed by atoms with Gasteiger partial charge in [0.2, 0.25) is 0 Å². The highest BCUT2D eigenvalue weighted by Crippen LogP contribution is 2.59. The van der Waals surface area contributed by atoms with Gasteiger partial charge in [-0.1, -0.05) is 78.4 Å². The number of H-pyrrole nitrogens is 2. The monoisotopic (exact) mass is 458 g/mol. The molecule has 0 saturated heterocycles. The van der Waals surface area contributed by atoms with Gasteiger partial charge in [-0.2, -0.15) is 0 Å². The predicted molar refractivity (Wildman–Crippen MR) is 143 cm³/mol. The van der Waals surface area contributed by atoms with Gasteiger partial charge in [-0.3, -0.25) is 0 Å². The van der Waals surface area contributed by atoms with Crippen molar-refractivity contribution in [3.63, 3.8) is 0 Å². The summed E-state index contributed by atoms with van der Waals surface area (Å²) < 4.78 is 6.39. The lowest BCUT2D eigenvalue weighted by molar-refractivity contribution is 0.0583. The Morgan fingerprint density at radius 1 is 0.857 bits per heavy atom. The number of ether oxygens (including phenoxy) is 1. The first-order valence-electron chi connectivity index (χ1n) is 12.7. The van der Waals surface area contributed by atoms with Crippen molar-refractivity contribution in [2.24, 2.45) is 11.8 Å². The van der Waals surface area contributed by atoms with Gasteiger partial charge in [0.05, 0.1) is 13.2 Å². The molecule has 4 atom stereocenters. The highest BCUT2D eigenvalue weighted by Gasteiger charge is 2.48. The van der Waals surface area contributed by atoms with E-state index < -0.39 is 0 Å². The average Bonchev–Trinajstić information content (AvgIpc) is 3.56. The topological polar surface area (TPSA) is 40.8 Å². The standard InChI is InChI=1S/C32H30N2O/c1-20-15-22(19-35-18-21-9-3-2-4-10-21)29-25(16-20)30-24-12-6-8-14-28(24)34-32(30)31(29)26-17-33-27-13-7-5-11-23(26)27/h2-14,16-17,22,25,29,31,33-34H,15,18-19H2,1H3/t22-,25-,29+,31-/m1/s1. The Bertz CT molecular complexity index is 1540. The molecule has 174 valence electrons. The zero-order valence-electron chi connectivity index (χ0n) is 20.0. The zero-order chi connectivity index (χ0) is 23.4. The summed E-state index contributed by atoms with van der Waals surface area (Å²) in [6, 6.07) is 28.1. The number of hydrogen-bond donors (Lipinski definition) is 2. The van der Waals surface area contributed by atoms with Crippen LogP contribution >= 0.6 is 0 Å². The molecule has 0 amide bonds. The van der Waals surface area contributed by atoms with E-state index in [2.05, 4.69) is 108 Å². The van der Waals surface area contributed by atoms with Crippen LogP contribution in [-0.4, -0.2) is 16.6 Å². The smallest absolute Gasteiger partial charge is 0.0717 e. The Balaban J connectivity index is 1.33. The Labute approximate surface area is 205 Å². The maximum Gasteiger partial charge on any atom is 0.0717 e. The van der Waals surface area contributed by atoms with Crippen molar-refractivity contribution in [3.05, 3.63) is 119 Å². The summed E-state index contributed by atoms with van der Waals surface area (Å²) in [6.45, 7) is 3.75. The largest absolute Gasteiger partial charge is 0.376 e. The molecule has 3 nitrogen and oxygen atoms in total. The molecule has 2 aromatic heterocycles. The molecule has 0 spiro atoms. The lowest BCUT2D eigenvalue weighted by Crippen LogP contribution is -2.30. The second-order valence-electron chi connectivity index (χ2n) is 10.3. The van der Waals surface area contributed by atoms with Crippen LogP contribution in [-0.2, 0) is 11.3 Å². The van der Waals surface area contributed by atoms with E-state index in [4.69, 9.17) is 4.74 Å². The normalized spacial score (nSPS) is 23.4. The van der Waals surface area contributed by atoms with Gasteiger partial charge in [-0.15, -0.1) is 0 Å². The van der Waals surface area contributed by atoms with Crippen LogP contribution in [0, 0.1) is 11.8 Å². The quantitative estimate of drug-likeness (QED) is 0.261. The number of rotatable bonds is 5. The first-order chi connectivity index (χ1) is 17.3. The molecule has 35 heavy (non-hydrogen) atoms. The fourth-order valence-corrected chi connectivity index (χ4v) is 6.85. The molecule has 5 aromatic rings. The van der Waals surface area contributed by atoms with Crippen LogP contribution < -0.4 is 0 Å². The molecule has 0 fully saturated rings. The minimum Gasteiger partial charge on any atom is -0.376 e. The third-order valence-electron chi connectivity index (χ3n) is 8.21. The van der Waals surface area contributed by atoms with E-state index in [-0.39, 0.29) is 0 Å². The van der Waals surface area contributed by atoms with E-state index in [1.54, 1.807) is 0 Å². The van der Waals surface area contributed by atoms with Crippen molar-refractivity contribution in [3.8, 4) is 0 Å². The maximum absolute atomic E-state index is 6.39. The fraction of sp³-hybridized carbons (Fsp3) is 0.250. The van der Waals surface area contributed by atoms with Crippen LogP contribution in [0.15, 0.2) is 96.7 Å². The van der Waals surface area contributed by atoms with Gasteiger partial charge >= 0.3 is 0 Å². The summed E-state index contributed by atoms with van der Waals surface area (Å²) in [5, 5.41) is 2.70. The second kappa shape index (κ2) is 8.28. The first-order valence-corrected chi connectivity index (χ1v) is 12.7. The molecule has 2 aliphatic rings. The third kappa shape index (κ3) is 3.37. The number of hydrogen-bond acceptors (Lipinski definition) is 1. The molecule has 2 heterocycles. The minimum absolute atomic E-state index is 0.313. The second-order valence-corrected chi connectivity index (χ2v) is 10.3. The summed E-state index contributed by atoms with van der Waals surface area (Å²) in [7, 11) is 0. The zero-order valence-corrected chi connectivity index (χ0v) is 20.0. The van der Waals surface area contributed by atoms with E-state index >= 15 is 0 Å². The number of aromatic nitrogens is 2. The van der Waals surface area contributed by atoms with E-state index in [0.29, 0.717) is 30.3 Å². The van der Waals surface area contributed by atoms with E-state index in [0.717, 1.165) is 13.0 Å². The molecule has 7 rings (SSSR count). The van der Waals surface area contributed by atoms with Crippen LogP contribution in [0.1, 0.15) is 47.6 Å². The van der Waals surface area contributed by atoms with Crippen LogP contribution in [0.5, 0.6) is 0 Å². The van der Waals surface area contributed by atoms with E-state index in [9.17, 15) is 0 Å². The van der Waals surface area contributed by atoms with Crippen molar-refractivity contribution < 1.29 is 4.74 Å². The predicted octanol–water partition coefficient (Wildman–Crippen LogP) is 7.68. The van der Waals surface area contributed by atoms with Crippen molar-refractivity contribution in [2.45, 2.75) is 31.8 Å². The number of allylic oxidation sites excluding steroid dienone is 2. The molecule has 2 N–H and O–H groups in total. The van der Waals surface area contributed by atoms with Crippen LogP contribution in [0.2, 0.25) is 0 Å². The van der Waals surface area contributed by atoms with Gasteiger partial charge in [0, 0.05) is 45.5 Å². The Kier molecular flexibility index (Phi) is 4.92. The number of benzene rings is 3. The van der Waals surface area contributed by atoms with E-state index in [1.165, 1.54) is 49.8 Å². The summed E-state index contributed by atoms with van der Waals surface area (Å²) in [4.78, 5) is 7.42. The molecule has 0 radical (unpaired) electrons. The molecular weight excluding hydrogens is 428 g/mol. The Hall–Kier alpha value is -3.56. The molecule has 0 unspecified atom stereocenters. The fourth-order valence-electron chi connectivity index (χ4n) is 6.85. The van der Waals surface area contributed by atoms with Crippen LogP contribution in [0.4, 0.5) is 0 Å². The van der Waals surface area contributed by atoms with Crippen molar-refractivity contribution in [1.82, 2.24) is 9.97 Å². The molecule has 0 aliphatic heterocycles. The minimum atomic E-state index is 0.313. The molecule has 3 heteroatoms. The van der Waals surface area contributed by atoms with Crippen molar-refractivity contribution in [1.29, 1.82) is 0 Å². The van der Waals surface area contributed by atoms with Crippen LogP contribution in [0.25, 0.3) is 21.8 Å². The SMILES string of the molecule is CC1=C[C@H]2c3c([nH]c4ccccc34)[C@H](c3c[nH]c4ccccc34)[C@H]2[C@@H](COCc2ccccc2)C1. The summed E-state index contributed by atoms with van der Waals surface area (Å²) in [6.07, 6.45) is 5.89. The third-order valence-corrected chi connectivity index (χ3v) is 8.21. The molecule has 0 saturated carbocycles. The first kappa shape index (κ1) is 20.8. The van der Waals surface area contributed by atoms with Crippen molar-refractivity contribution >= 4 is 21.8 Å². The number of para-hydroxylation sites is 2. The summed E-state index contributed by atoms with van der Waals surface area (Å²) in [5.41, 5.74) is 9.47. The molecule has 2 aliphatic carbocycles. The number of fused-ring (bicyclic) bond motifs is 6. The number of aromatic amines is 2.